The van der Waals surface area contributed by atoms with Crippen LogP contribution in [0.25, 0.3) is 11.6 Å². The maximum Gasteiger partial charge on any atom is 0.276 e. The van der Waals surface area contributed by atoms with E-state index in [1.54, 1.807) is 19.2 Å². The number of nitrogens with two attached hydrogens (primary N) is 1. The number of pyridine rings is 1. The average molecular weight is 255 g/mol. The SMILES string of the molecule is COCC(N)c1noc(-c2ccc(Cl)cn2)n1. The number of halogens is 1. The largest absolute Gasteiger partial charge is 0.383 e. The van der Waals surface area contributed by atoms with E-state index in [9.17, 15) is 0 Å². The number of aromatic nitrogens is 3. The summed E-state index contributed by atoms with van der Waals surface area (Å²) in [5.74, 6) is 0.696. The Balaban J connectivity index is 2.20. The van der Waals surface area contributed by atoms with Gasteiger partial charge in [-0.3, -0.25) is 0 Å². The fourth-order valence-corrected chi connectivity index (χ4v) is 1.36. The van der Waals surface area contributed by atoms with Crippen molar-refractivity contribution in [2.24, 2.45) is 5.73 Å². The van der Waals surface area contributed by atoms with E-state index in [0.717, 1.165) is 0 Å². The molecule has 2 N–H and O–H groups in total. The van der Waals surface area contributed by atoms with Gasteiger partial charge in [-0.25, -0.2) is 4.98 Å². The molecule has 7 heteroatoms. The van der Waals surface area contributed by atoms with E-state index in [-0.39, 0.29) is 0 Å². The van der Waals surface area contributed by atoms with Crippen molar-refractivity contribution in [2.45, 2.75) is 6.04 Å². The molecule has 6 nitrogen and oxygen atoms in total. The van der Waals surface area contributed by atoms with Gasteiger partial charge in [0.15, 0.2) is 5.82 Å². The number of ether oxygens (including phenoxy) is 1. The summed E-state index contributed by atoms with van der Waals surface area (Å²) in [5, 5.41) is 4.32. The van der Waals surface area contributed by atoms with Crippen molar-refractivity contribution in [3.8, 4) is 11.6 Å². The van der Waals surface area contributed by atoms with Gasteiger partial charge in [0.2, 0.25) is 0 Å². The molecule has 2 heterocycles. The first kappa shape index (κ1) is 12.0. The minimum Gasteiger partial charge on any atom is -0.383 e. The molecule has 0 amide bonds. The maximum absolute atomic E-state index is 5.77. The topological polar surface area (TPSA) is 87.1 Å². The Kier molecular flexibility index (Phi) is 3.68. The molecule has 0 aliphatic carbocycles. The average Bonchev–Trinajstić information content (AvgIpc) is 2.80. The van der Waals surface area contributed by atoms with Crippen LogP contribution < -0.4 is 5.73 Å². The van der Waals surface area contributed by atoms with Gasteiger partial charge in [-0.2, -0.15) is 4.98 Å². The third kappa shape index (κ3) is 2.79. The highest BCUT2D eigenvalue weighted by atomic mass is 35.5. The Morgan fingerprint density at radius 1 is 1.53 bits per heavy atom. The molecule has 1 atom stereocenters. The fourth-order valence-electron chi connectivity index (χ4n) is 1.25. The Bertz CT molecular complexity index is 485. The van der Waals surface area contributed by atoms with Crippen LogP contribution in [0.1, 0.15) is 11.9 Å². The first-order valence-corrected chi connectivity index (χ1v) is 5.28. The van der Waals surface area contributed by atoms with Crippen LogP contribution in [0.4, 0.5) is 0 Å². The summed E-state index contributed by atoms with van der Waals surface area (Å²) in [4.78, 5) is 8.21. The first-order valence-electron chi connectivity index (χ1n) is 4.90. The zero-order valence-corrected chi connectivity index (χ0v) is 9.89. The molecular formula is C10H11ClN4O2. The van der Waals surface area contributed by atoms with Gasteiger partial charge < -0.3 is 15.0 Å². The van der Waals surface area contributed by atoms with Gasteiger partial charge in [0.25, 0.3) is 5.89 Å². The smallest absolute Gasteiger partial charge is 0.276 e. The summed E-state index contributed by atoms with van der Waals surface area (Å²) < 4.78 is 9.96. The van der Waals surface area contributed by atoms with Crippen LogP contribution in [-0.4, -0.2) is 28.8 Å². The van der Waals surface area contributed by atoms with Gasteiger partial charge in [-0.1, -0.05) is 16.8 Å². The van der Waals surface area contributed by atoms with Gasteiger partial charge in [0, 0.05) is 13.3 Å². The molecule has 2 aromatic rings. The molecule has 0 saturated carbocycles. The Labute approximate surface area is 103 Å². The Morgan fingerprint density at radius 3 is 3.00 bits per heavy atom. The van der Waals surface area contributed by atoms with Crippen molar-refractivity contribution in [3.05, 3.63) is 29.2 Å². The number of hydrogen-bond donors (Lipinski definition) is 1. The van der Waals surface area contributed by atoms with Gasteiger partial charge >= 0.3 is 0 Å². The number of hydrogen-bond acceptors (Lipinski definition) is 6. The molecule has 0 radical (unpaired) electrons. The van der Waals surface area contributed by atoms with Crippen LogP contribution in [0, 0.1) is 0 Å². The zero-order valence-electron chi connectivity index (χ0n) is 9.13. The van der Waals surface area contributed by atoms with Gasteiger partial charge in [0.05, 0.1) is 17.7 Å². The number of methoxy groups -OCH3 is 1. The lowest BCUT2D eigenvalue weighted by molar-refractivity contribution is 0.177. The van der Waals surface area contributed by atoms with Crippen LogP contribution in [-0.2, 0) is 4.74 Å². The van der Waals surface area contributed by atoms with Crippen LogP contribution in [0.2, 0.25) is 5.02 Å². The highest BCUT2D eigenvalue weighted by Gasteiger charge is 2.15. The van der Waals surface area contributed by atoms with Gasteiger partial charge in [-0.15, -0.1) is 0 Å². The third-order valence-corrected chi connectivity index (χ3v) is 2.29. The molecule has 0 aliphatic rings. The second kappa shape index (κ2) is 5.22. The quantitative estimate of drug-likeness (QED) is 0.888. The Hall–Kier alpha value is -1.50. The summed E-state index contributed by atoms with van der Waals surface area (Å²) in [7, 11) is 1.56. The molecule has 2 rings (SSSR count). The van der Waals surface area contributed by atoms with Crippen LogP contribution in [0.3, 0.4) is 0 Å². The summed E-state index contributed by atoms with van der Waals surface area (Å²) in [5.41, 5.74) is 6.32. The monoisotopic (exact) mass is 254 g/mol. The van der Waals surface area contributed by atoms with E-state index in [2.05, 4.69) is 15.1 Å². The summed E-state index contributed by atoms with van der Waals surface area (Å²) in [6, 6.07) is 2.98. The van der Waals surface area contributed by atoms with Crippen molar-refractivity contribution in [2.75, 3.05) is 13.7 Å². The molecule has 0 bridgehead atoms. The normalized spacial score (nSPS) is 12.6. The molecule has 1 unspecified atom stereocenters. The summed E-state index contributed by atoms with van der Waals surface area (Å²) in [6.45, 7) is 0.326. The first-order chi connectivity index (χ1) is 8.20. The summed E-state index contributed by atoms with van der Waals surface area (Å²) >= 11 is 5.73. The van der Waals surface area contributed by atoms with E-state index < -0.39 is 6.04 Å². The lowest BCUT2D eigenvalue weighted by atomic mass is 10.3. The van der Waals surface area contributed by atoms with Crippen molar-refractivity contribution in [1.29, 1.82) is 0 Å². The Morgan fingerprint density at radius 2 is 2.35 bits per heavy atom. The molecule has 90 valence electrons. The van der Waals surface area contributed by atoms with Crippen molar-refractivity contribution >= 4 is 11.6 Å². The van der Waals surface area contributed by atoms with Crippen molar-refractivity contribution in [1.82, 2.24) is 15.1 Å². The molecule has 0 spiro atoms. The minimum absolute atomic E-state index is 0.309. The van der Waals surface area contributed by atoms with E-state index in [4.69, 9.17) is 26.6 Å². The maximum atomic E-state index is 5.77. The minimum atomic E-state index is -0.412. The highest BCUT2D eigenvalue weighted by molar-refractivity contribution is 6.30. The number of nitrogens with zero attached hydrogens (tertiary/aromatic N) is 3. The second-order valence-electron chi connectivity index (χ2n) is 3.38. The van der Waals surface area contributed by atoms with Crippen molar-refractivity contribution < 1.29 is 9.26 Å². The fraction of sp³-hybridized carbons (Fsp3) is 0.300. The predicted molar refractivity (Wildman–Crippen MR) is 61.3 cm³/mol. The molecular weight excluding hydrogens is 244 g/mol. The number of rotatable bonds is 4. The summed E-state index contributed by atoms with van der Waals surface area (Å²) in [6.07, 6.45) is 1.51. The highest BCUT2D eigenvalue weighted by Crippen LogP contribution is 2.18. The second-order valence-corrected chi connectivity index (χ2v) is 3.82. The van der Waals surface area contributed by atoms with Crippen molar-refractivity contribution in [3.63, 3.8) is 0 Å². The van der Waals surface area contributed by atoms with E-state index >= 15 is 0 Å². The van der Waals surface area contributed by atoms with Gasteiger partial charge in [-0.05, 0) is 12.1 Å². The molecule has 2 aromatic heterocycles. The standard InChI is InChI=1S/C10H11ClN4O2/c1-16-5-7(12)9-14-10(17-15-9)8-3-2-6(11)4-13-8/h2-4,7H,5,12H2,1H3. The van der Waals surface area contributed by atoms with Gasteiger partial charge in [0.1, 0.15) is 5.69 Å². The van der Waals surface area contributed by atoms with E-state index in [0.29, 0.717) is 29.0 Å². The molecule has 17 heavy (non-hydrogen) atoms. The molecule has 0 aliphatic heterocycles. The predicted octanol–water partition coefficient (Wildman–Crippen LogP) is 1.43. The lowest BCUT2D eigenvalue weighted by Gasteiger charge is -2.03. The zero-order chi connectivity index (χ0) is 12.3. The van der Waals surface area contributed by atoms with Crippen LogP contribution in [0.15, 0.2) is 22.9 Å². The van der Waals surface area contributed by atoms with Crippen LogP contribution >= 0.6 is 11.6 Å². The molecule has 0 aromatic carbocycles. The van der Waals surface area contributed by atoms with Crippen LogP contribution in [0.5, 0.6) is 0 Å². The third-order valence-electron chi connectivity index (χ3n) is 2.07. The van der Waals surface area contributed by atoms with E-state index in [1.807, 2.05) is 0 Å². The molecule has 0 saturated heterocycles. The van der Waals surface area contributed by atoms with E-state index in [1.165, 1.54) is 6.20 Å². The molecule has 0 fully saturated rings. The lowest BCUT2D eigenvalue weighted by Crippen LogP contribution is -2.17.